The fourth-order valence-corrected chi connectivity index (χ4v) is 3.23. The molecule has 0 aliphatic carbocycles. The van der Waals surface area contributed by atoms with Gasteiger partial charge in [0.25, 0.3) is 5.91 Å². The third kappa shape index (κ3) is 3.57. The van der Waals surface area contributed by atoms with Gasteiger partial charge >= 0.3 is 0 Å². The molecule has 6 nitrogen and oxygen atoms in total. The van der Waals surface area contributed by atoms with Crippen molar-refractivity contribution >= 4 is 5.91 Å². The van der Waals surface area contributed by atoms with Gasteiger partial charge in [-0.25, -0.2) is 4.98 Å². The lowest BCUT2D eigenvalue weighted by atomic mass is 10.1. The Morgan fingerprint density at radius 3 is 2.80 bits per heavy atom. The molecular weight excluding hydrogens is 318 g/mol. The van der Waals surface area contributed by atoms with Crippen LogP contribution in [0.5, 0.6) is 11.5 Å². The fourth-order valence-electron chi connectivity index (χ4n) is 3.23. The average molecular weight is 339 g/mol. The first-order chi connectivity index (χ1) is 12.3. The number of carbonyl (C=O) groups is 1. The molecule has 4 rings (SSSR count). The molecule has 2 aliphatic heterocycles. The Bertz CT molecular complexity index is 759. The number of hydrogen-bond acceptors (Lipinski definition) is 5. The Morgan fingerprint density at radius 1 is 1.16 bits per heavy atom. The first-order valence-corrected chi connectivity index (χ1v) is 8.78. The molecule has 1 fully saturated rings. The number of rotatable bonds is 4. The average Bonchev–Trinajstić information content (AvgIpc) is 3.20. The van der Waals surface area contributed by atoms with Crippen molar-refractivity contribution < 1.29 is 14.3 Å². The molecule has 1 amide bonds. The van der Waals surface area contributed by atoms with E-state index in [0.717, 1.165) is 49.5 Å². The normalized spacial score (nSPS) is 19.0. The summed E-state index contributed by atoms with van der Waals surface area (Å²) >= 11 is 0. The molecule has 0 N–H and O–H groups in total. The molecule has 25 heavy (non-hydrogen) atoms. The van der Waals surface area contributed by atoms with Crippen LogP contribution in [-0.2, 0) is 6.42 Å². The van der Waals surface area contributed by atoms with E-state index in [2.05, 4.69) is 9.97 Å². The van der Waals surface area contributed by atoms with Gasteiger partial charge < -0.3 is 14.4 Å². The SMILES string of the molecule is O=C(c1cncc(CCC2COc3ccccc3O2)n1)N1CCCC1. The molecule has 1 atom stereocenters. The predicted molar refractivity (Wildman–Crippen MR) is 91.8 cm³/mol. The van der Waals surface area contributed by atoms with Crippen LogP contribution in [0.4, 0.5) is 0 Å². The second-order valence-corrected chi connectivity index (χ2v) is 6.43. The van der Waals surface area contributed by atoms with E-state index in [9.17, 15) is 4.79 Å². The lowest BCUT2D eigenvalue weighted by molar-refractivity contribution is 0.0785. The largest absolute Gasteiger partial charge is 0.486 e. The van der Waals surface area contributed by atoms with Crippen molar-refractivity contribution in [2.45, 2.75) is 31.8 Å². The Morgan fingerprint density at radius 2 is 1.96 bits per heavy atom. The molecule has 1 aromatic heterocycles. The minimum absolute atomic E-state index is 0.0157. The topological polar surface area (TPSA) is 64.5 Å². The number of para-hydroxylation sites is 2. The number of likely N-dealkylation sites (tertiary alicyclic amines) is 1. The van der Waals surface area contributed by atoms with Crippen LogP contribution >= 0.6 is 0 Å². The maximum atomic E-state index is 12.4. The van der Waals surface area contributed by atoms with Gasteiger partial charge in [-0.2, -0.15) is 0 Å². The summed E-state index contributed by atoms with van der Waals surface area (Å²) in [7, 11) is 0. The van der Waals surface area contributed by atoms with E-state index in [-0.39, 0.29) is 12.0 Å². The van der Waals surface area contributed by atoms with Crippen LogP contribution in [0.25, 0.3) is 0 Å². The highest BCUT2D eigenvalue weighted by Crippen LogP contribution is 2.31. The minimum atomic E-state index is -0.0189. The maximum Gasteiger partial charge on any atom is 0.274 e. The van der Waals surface area contributed by atoms with Crippen molar-refractivity contribution in [2.75, 3.05) is 19.7 Å². The third-order valence-electron chi connectivity index (χ3n) is 4.59. The van der Waals surface area contributed by atoms with E-state index >= 15 is 0 Å². The molecule has 2 aliphatic rings. The van der Waals surface area contributed by atoms with E-state index in [4.69, 9.17) is 9.47 Å². The first kappa shape index (κ1) is 15.9. The van der Waals surface area contributed by atoms with Crippen LogP contribution in [0.3, 0.4) is 0 Å². The van der Waals surface area contributed by atoms with Gasteiger partial charge in [0, 0.05) is 19.3 Å². The number of aryl methyl sites for hydroxylation is 1. The molecule has 0 spiro atoms. The van der Waals surface area contributed by atoms with Gasteiger partial charge in [-0.05, 0) is 37.8 Å². The summed E-state index contributed by atoms with van der Waals surface area (Å²) in [5, 5.41) is 0. The van der Waals surface area contributed by atoms with E-state index in [0.29, 0.717) is 18.7 Å². The van der Waals surface area contributed by atoms with Crippen molar-refractivity contribution in [1.82, 2.24) is 14.9 Å². The molecule has 0 radical (unpaired) electrons. The highest BCUT2D eigenvalue weighted by atomic mass is 16.6. The van der Waals surface area contributed by atoms with Crippen LogP contribution in [0, 0.1) is 0 Å². The summed E-state index contributed by atoms with van der Waals surface area (Å²) in [6.45, 7) is 2.16. The zero-order chi connectivity index (χ0) is 17.1. The molecule has 0 bridgehead atoms. The summed E-state index contributed by atoms with van der Waals surface area (Å²) in [5.41, 5.74) is 1.25. The van der Waals surface area contributed by atoms with E-state index in [1.165, 1.54) is 0 Å². The van der Waals surface area contributed by atoms with Gasteiger partial charge in [-0.1, -0.05) is 12.1 Å². The molecule has 0 saturated carbocycles. The second-order valence-electron chi connectivity index (χ2n) is 6.43. The highest BCUT2D eigenvalue weighted by Gasteiger charge is 2.22. The molecular formula is C19H21N3O3. The highest BCUT2D eigenvalue weighted by molar-refractivity contribution is 5.92. The monoisotopic (exact) mass is 339 g/mol. The van der Waals surface area contributed by atoms with Crippen LogP contribution in [-0.4, -0.2) is 46.6 Å². The standard InChI is InChI=1S/C19H21N3O3/c23-19(22-9-3-4-10-22)16-12-20-11-14(21-16)7-8-15-13-24-17-5-1-2-6-18(17)25-15/h1-2,5-6,11-12,15H,3-4,7-10,13H2. The predicted octanol–water partition coefficient (Wildman–Crippen LogP) is 2.49. The van der Waals surface area contributed by atoms with Crippen molar-refractivity contribution in [2.24, 2.45) is 0 Å². The molecule has 6 heteroatoms. The van der Waals surface area contributed by atoms with Crippen LogP contribution in [0.15, 0.2) is 36.7 Å². The Labute approximate surface area is 146 Å². The van der Waals surface area contributed by atoms with Crippen molar-refractivity contribution in [3.8, 4) is 11.5 Å². The van der Waals surface area contributed by atoms with Crippen molar-refractivity contribution in [1.29, 1.82) is 0 Å². The Balaban J connectivity index is 1.37. The Kier molecular flexibility index (Phi) is 4.50. The lowest BCUT2D eigenvalue weighted by Gasteiger charge is -2.26. The number of ether oxygens (including phenoxy) is 2. The number of hydrogen-bond donors (Lipinski definition) is 0. The fraction of sp³-hybridized carbons (Fsp3) is 0.421. The van der Waals surface area contributed by atoms with Gasteiger partial charge in [0.15, 0.2) is 11.5 Å². The number of aromatic nitrogens is 2. The van der Waals surface area contributed by atoms with Crippen LogP contribution in [0.2, 0.25) is 0 Å². The van der Waals surface area contributed by atoms with Crippen LogP contribution < -0.4 is 9.47 Å². The van der Waals surface area contributed by atoms with E-state index < -0.39 is 0 Å². The molecule has 130 valence electrons. The molecule has 1 unspecified atom stereocenters. The quantitative estimate of drug-likeness (QED) is 0.856. The molecule has 1 saturated heterocycles. The Hall–Kier alpha value is -2.63. The second kappa shape index (κ2) is 7.09. The summed E-state index contributed by atoms with van der Waals surface area (Å²) in [6, 6.07) is 7.69. The van der Waals surface area contributed by atoms with Crippen LogP contribution in [0.1, 0.15) is 35.4 Å². The number of benzene rings is 1. The van der Waals surface area contributed by atoms with E-state index in [1.54, 1.807) is 12.4 Å². The van der Waals surface area contributed by atoms with E-state index in [1.807, 2.05) is 29.2 Å². The van der Waals surface area contributed by atoms with Gasteiger partial charge in [0.1, 0.15) is 18.4 Å². The summed E-state index contributed by atoms with van der Waals surface area (Å²) in [4.78, 5) is 23.0. The van der Waals surface area contributed by atoms with Gasteiger partial charge in [-0.15, -0.1) is 0 Å². The van der Waals surface area contributed by atoms with Crippen molar-refractivity contribution in [3.05, 3.63) is 48.0 Å². The third-order valence-corrected chi connectivity index (χ3v) is 4.59. The maximum absolute atomic E-state index is 12.4. The van der Waals surface area contributed by atoms with Gasteiger partial charge in [0.2, 0.25) is 0 Å². The molecule has 1 aromatic carbocycles. The summed E-state index contributed by atoms with van der Waals surface area (Å²) < 4.78 is 11.7. The smallest absolute Gasteiger partial charge is 0.274 e. The number of carbonyl (C=O) groups excluding carboxylic acids is 1. The zero-order valence-corrected chi connectivity index (χ0v) is 14.1. The zero-order valence-electron chi connectivity index (χ0n) is 14.1. The molecule has 3 heterocycles. The van der Waals surface area contributed by atoms with Gasteiger partial charge in [0.05, 0.1) is 11.9 Å². The van der Waals surface area contributed by atoms with Gasteiger partial charge in [-0.3, -0.25) is 9.78 Å². The minimum Gasteiger partial charge on any atom is -0.486 e. The number of nitrogens with zero attached hydrogens (tertiary/aromatic N) is 3. The lowest BCUT2D eigenvalue weighted by Crippen LogP contribution is -2.30. The number of amides is 1. The summed E-state index contributed by atoms with van der Waals surface area (Å²) in [5.74, 6) is 1.55. The first-order valence-electron chi connectivity index (χ1n) is 8.78. The number of fused-ring (bicyclic) bond motifs is 1. The van der Waals surface area contributed by atoms with Crippen molar-refractivity contribution in [3.63, 3.8) is 0 Å². The molecule has 2 aromatic rings. The summed E-state index contributed by atoms with van der Waals surface area (Å²) in [6.07, 6.45) is 6.86.